The molecular formula is C19H22N2O2. The van der Waals surface area contributed by atoms with E-state index in [9.17, 15) is 9.59 Å². The second-order valence-electron chi connectivity index (χ2n) is 5.38. The first kappa shape index (κ1) is 16.7. The highest BCUT2D eigenvalue weighted by Crippen LogP contribution is 2.24. The highest BCUT2D eigenvalue weighted by molar-refractivity contribution is 5.92. The quantitative estimate of drug-likeness (QED) is 0.861. The van der Waals surface area contributed by atoms with E-state index in [4.69, 9.17) is 0 Å². The third kappa shape index (κ3) is 4.42. The maximum atomic E-state index is 12.8. The van der Waals surface area contributed by atoms with Gasteiger partial charge >= 0.3 is 0 Å². The number of rotatable bonds is 6. The topological polar surface area (TPSA) is 58.2 Å². The number of hydrogen-bond donors (Lipinski definition) is 2. The van der Waals surface area contributed by atoms with Crippen LogP contribution >= 0.6 is 0 Å². The maximum absolute atomic E-state index is 12.8. The van der Waals surface area contributed by atoms with Crippen LogP contribution in [0.1, 0.15) is 30.9 Å². The number of carbonyl (C=O) groups is 2. The molecule has 0 saturated heterocycles. The molecule has 2 N–H and O–H groups in total. The first-order valence-electron chi connectivity index (χ1n) is 7.81. The second kappa shape index (κ2) is 8.13. The van der Waals surface area contributed by atoms with Gasteiger partial charge in [0, 0.05) is 6.54 Å². The van der Waals surface area contributed by atoms with Gasteiger partial charge in [-0.1, -0.05) is 60.7 Å². The molecule has 4 nitrogen and oxygen atoms in total. The smallest absolute Gasteiger partial charge is 0.242 e. The minimum Gasteiger partial charge on any atom is -0.355 e. The Morgan fingerprint density at radius 2 is 1.35 bits per heavy atom. The van der Waals surface area contributed by atoms with E-state index < -0.39 is 12.0 Å². The molecule has 0 saturated carbocycles. The summed E-state index contributed by atoms with van der Waals surface area (Å²) in [5.74, 6) is -0.795. The molecule has 1 atom stereocenters. The van der Waals surface area contributed by atoms with E-state index in [0.717, 1.165) is 11.1 Å². The van der Waals surface area contributed by atoms with E-state index in [1.54, 1.807) is 6.92 Å². The Labute approximate surface area is 136 Å². The lowest BCUT2D eigenvalue weighted by Crippen LogP contribution is -2.46. The van der Waals surface area contributed by atoms with Crippen molar-refractivity contribution < 1.29 is 9.59 Å². The van der Waals surface area contributed by atoms with Gasteiger partial charge in [0.25, 0.3) is 0 Å². The lowest BCUT2D eigenvalue weighted by atomic mass is 9.90. The molecule has 120 valence electrons. The fourth-order valence-corrected chi connectivity index (χ4v) is 2.48. The van der Waals surface area contributed by atoms with Crippen molar-refractivity contribution in [3.63, 3.8) is 0 Å². The average molecular weight is 310 g/mol. The van der Waals surface area contributed by atoms with E-state index in [0.29, 0.717) is 6.54 Å². The number of hydrogen-bond acceptors (Lipinski definition) is 2. The van der Waals surface area contributed by atoms with Crippen LogP contribution in [0.3, 0.4) is 0 Å². The van der Waals surface area contributed by atoms with Crippen LogP contribution in [0.5, 0.6) is 0 Å². The predicted molar refractivity (Wildman–Crippen MR) is 91.0 cm³/mol. The molecule has 2 amide bonds. The minimum atomic E-state index is -0.572. The molecule has 0 radical (unpaired) electrons. The fraction of sp³-hybridized carbons (Fsp3) is 0.263. The van der Waals surface area contributed by atoms with Crippen molar-refractivity contribution in [1.29, 1.82) is 0 Å². The van der Waals surface area contributed by atoms with Crippen molar-refractivity contribution >= 4 is 11.8 Å². The molecule has 2 rings (SSSR count). The van der Waals surface area contributed by atoms with Crippen molar-refractivity contribution in [3.8, 4) is 0 Å². The Hall–Kier alpha value is -2.62. The van der Waals surface area contributed by atoms with Gasteiger partial charge in [-0.25, -0.2) is 0 Å². The molecule has 0 bridgehead atoms. The molecule has 23 heavy (non-hydrogen) atoms. The molecule has 0 aliphatic rings. The zero-order valence-electron chi connectivity index (χ0n) is 13.5. The molecule has 0 aliphatic heterocycles. The standard InChI is InChI=1S/C19H22N2O2/c1-3-20-18(22)14(2)21-19(23)17(15-10-6-4-7-11-15)16-12-8-5-9-13-16/h4-14,17H,3H2,1-2H3,(H,20,22)(H,21,23)/t14-/m0/s1. The summed E-state index contributed by atoms with van der Waals surface area (Å²) >= 11 is 0. The lowest BCUT2D eigenvalue weighted by molar-refractivity contribution is -0.128. The molecular weight excluding hydrogens is 288 g/mol. The Bertz CT molecular complexity index is 601. The van der Waals surface area contributed by atoms with E-state index in [1.807, 2.05) is 67.6 Å². The summed E-state index contributed by atoms with van der Waals surface area (Å²) in [6.45, 7) is 4.08. The van der Waals surface area contributed by atoms with Crippen LogP contribution < -0.4 is 10.6 Å². The van der Waals surface area contributed by atoms with E-state index in [2.05, 4.69) is 10.6 Å². The SMILES string of the molecule is CCNC(=O)[C@H](C)NC(=O)C(c1ccccc1)c1ccccc1. The largest absolute Gasteiger partial charge is 0.355 e. The van der Waals surface area contributed by atoms with Gasteiger partial charge in [0.05, 0.1) is 5.92 Å². The van der Waals surface area contributed by atoms with Gasteiger partial charge in [-0.3, -0.25) is 9.59 Å². The molecule has 0 spiro atoms. The van der Waals surface area contributed by atoms with Crippen molar-refractivity contribution in [2.45, 2.75) is 25.8 Å². The van der Waals surface area contributed by atoms with Gasteiger partial charge < -0.3 is 10.6 Å². The van der Waals surface area contributed by atoms with Crippen molar-refractivity contribution in [2.75, 3.05) is 6.54 Å². The predicted octanol–water partition coefficient (Wildman–Crippen LogP) is 2.46. The highest BCUT2D eigenvalue weighted by atomic mass is 16.2. The van der Waals surface area contributed by atoms with Crippen LogP contribution in [0, 0.1) is 0 Å². The Morgan fingerprint density at radius 1 is 0.870 bits per heavy atom. The maximum Gasteiger partial charge on any atom is 0.242 e. The summed E-state index contributed by atoms with van der Waals surface area (Å²) in [7, 11) is 0. The minimum absolute atomic E-state index is 0.179. The van der Waals surface area contributed by atoms with Crippen LogP contribution in [-0.4, -0.2) is 24.4 Å². The van der Waals surface area contributed by atoms with Gasteiger partial charge in [-0.05, 0) is 25.0 Å². The van der Waals surface area contributed by atoms with Crippen LogP contribution in [0.25, 0.3) is 0 Å². The van der Waals surface area contributed by atoms with E-state index in [-0.39, 0.29) is 11.8 Å². The summed E-state index contributed by atoms with van der Waals surface area (Å²) in [4.78, 5) is 24.6. The van der Waals surface area contributed by atoms with Crippen molar-refractivity contribution in [3.05, 3.63) is 71.8 Å². The molecule has 0 heterocycles. The number of amides is 2. The van der Waals surface area contributed by atoms with Crippen molar-refractivity contribution in [2.24, 2.45) is 0 Å². The summed E-state index contributed by atoms with van der Waals surface area (Å²) in [5, 5.41) is 5.53. The van der Waals surface area contributed by atoms with E-state index in [1.165, 1.54) is 0 Å². The third-order valence-corrected chi connectivity index (χ3v) is 3.63. The van der Waals surface area contributed by atoms with Crippen molar-refractivity contribution in [1.82, 2.24) is 10.6 Å². The summed E-state index contributed by atoms with van der Waals surface area (Å²) in [6, 6.07) is 18.6. The summed E-state index contributed by atoms with van der Waals surface area (Å²) in [6.07, 6.45) is 0. The molecule has 2 aromatic carbocycles. The Morgan fingerprint density at radius 3 is 1.78 bits per heavy atom. The monoisotopic (exact) mass is 310 g/mol. The molecule has 0 aliphatic carbocycles. The molecule has 0 fully saturated rings. The first-order valence-corrected chi connectivity index (χ1v) is 7.81. The van der Waals surface area contributed by atoms with Gasteiger partial charge in [0.15, 0.2) is 0 Å². The van der Waals surface area contributed by atoms with Gasteiger partial charge in [-0.15, -0.1) is 0 Å². The van der Waals surface area contributed by atoms with Gasteiger partial charge in [0.1, 0.15) is 6.04 Å². The molecule has 4 heteroatoms. The normalized spacial score (nSPS) is 11.8. The highest BCUT2D eigenvalue weighted by Gasteiger charge is 2.25. The zero-order chi connectivity index (χ0) is 16.7. The average Bonchev–Trinajstić information content (AvgIpc) is 2.57. The second-order valence-corrected chi connectivity index (χ2v) is 5.38. The number of carbonyl (C=O) groups excluding carboxylic acids is 2. The summed E-state index contributed by atoms with van der Waals surface area (Å²) in [5.41, 5.74) is 1.80. The van der Waals surface area contributed by atoms with Crippen LogP contribution in [0.4, 0.5) is 0 Å². The van der Waals surface area contributed by atoms with Gasteiger partial charge in [0.2, 0.25) is 11.8 Å². The van der Waals surface area contributed by atoms with Crippen LogP contribution in [0.15, 0.2) is 60.7 Å². The first-order chi connectivity index (χ1) is 11.1. The number of nitrogens with one attached hydrogen (secondary N) is 2. The van der Waals surface area contributed by atoms with Crippen LogP contribution in [-0.2, 0) is 9.59 Å². The molecule has 2 aromatic rings. The Balaban J connectivity index is 2.24. The number of benzene rings is 2. The number of likely N-dealkylation sites (N-methyl/N-ethyl adjacent to an activating group) is 1. The van der Waals surface area contributed by atoms with Gasteiger partial charge in [-0.2, -0.15) is 0 Å². The summed E-state index contributed by atoms with van der Waals surface area (Å²) < 4.78 is 0. The lowest BCUT2D eigenvalue weighted by Gasteiger charge is -2.20. The van der Waals surface area contributed by atoms with E-state index >= 15 is 0 Å². The zero-order valence-corrected chi connectivity index (χ0v) is 13.5. The fourth-order valence-electron chi connectivity index (χ4n) is 2.48. The molecule has 0 aromatic heterocycles. The van der Waals surface area contributed by atoms with Crippen LogP contribution in [0.2, 0.25) is 0 Å². The molecule has 0 unspecified atom stereocenters. The third-order valence-electron chi connectivity index (χ3n) is 3.63. The Kier molecular flexibility index (Phi) is 5.92.